The summed E-state index contributed by atoms with van der Waals surface area (Å²) >= 11 is 3.36. The summed E-state index contributed by atoms with van der Waals surface area (Å²) in [4.78, 5) is 0.275. The minimum atomic E-state index is -4.55. The molecule has 0 spiro atoms. The number of benzene rings is 2. The third-order valence-electron chi connectivity index (χ3n) is 8.30. The van der Waals surface area contributed by atoms with E-state index in [1.807, 2.05) is 12.1 Å². The normalized spacial score (nSPS) is 30.8. The molecule has 10 heteroatoms. The fourth-order valence-corrected chi connectivity index (χ4v) is 9.15. The zero-order valence-electron chi connectivity index (χ0n) is 18.8. The van der Waals surface area contributed by atoms with Gasteiger partial charge in [-0.25, -0.2) is 13.1 Å². The molecule has 2 saturated carbocycles. The first-order chi connectivity index (χ1) is 16.0. The van der Waals surface area contributed by atoms with Crippen molar-refractivity contribution in [2.24, 2.45) is 17.3 Å². The van der Waals surface area contributed by atoms with Gasteiger partial charge in [-0.1, -0.05) is 35.0 Å². The largest absolute Gasteiger partial charge is 0.446 e. The van der Waals surface area contributed by atoms with E-state index >= 15 is 0 Å². The first-order valence-electron chi connectivity index (χ1n) is 11.5. The van der Waals surface area contributed by atoms with E-state index in [0.29, 0.717) is 17.8 Å². The molecule has 2 N–H and O–H groups in total. The van der Waals surface area contributed by atoms with Gasteiger partial charge in [-0.3, -0.25) is 4.55 Å². The summed E-state index contributed by atoms with van der Waals surface area (Å²) < 4.78 is 65.8. The molecule has 3 aliphatic carbocycles. The molecule has 184 valence electrons. The Balaban J connectivity index is 1.37. The van der Waals surface area contributed by atoms with Gasteiger partial charge in [0.05, 0.1) is 4.90 Å². The lowest BCUT2D eigenvalue weighted by Gasteiger charge is -2.51. The van der Waals surface area contributed by atoms with Crippen LogP contribution in [0.4, 0.5) is 0 Å². The van der Waals surface area contributed by atoms with Crippen molar-refractivity contribution in [3.63, 3.8) is 0 Å². The van der Waals surface area contributed by atoms with Crippen molar-refractivity contribution >= 4 is 36.4 Å². The van der Waals surface area contributed by atoms with E-state index in [1.54, 1.807) is 30.3 Å². The molecule has 34 heavy (non-hydrogen) atoms. The van der Waals surface area contributed by atoms with Gasteiger partial charge in [-0.2, -0.15) is 8.42 Å². The van der Waals surface area contributed by atoms with E-state index in [2.05, 4.69) is 31.8 Å². The van der Waals surface area contributed by atoms with Crippen LogP contribution in [0.2, 0.25) is 0 Å². The molecule has 3 aliphatic rings. The first kappa shape index (κ1) is 24.2. The van der Waals surface area contributed by atoms with Crippen molar-refractivity contribution in [1.29, 1.82) is 0 Å². The average molecular weight is 571 g/mol. The molecule has 0 saturated heterocycles. The smallest absolute Gasteiger partial charge is 0.362 e. The van der Waals surface area contributed by atoms with E-state index in [0.717, 1.165) is 48.6 Å². The summed E-state index contributed by atoms with van der Waals surface area (Å²) in [5.41, 5.74) is 2.18. The minimum Gasteiger partial charge on any atom is -0.362 e. The lowest BCUT2D eigenvalue weighted by Crippen LogP contribution is -2.50. The molecule has 2 aromatic carbocycles. The van der Waals surface area contributed by atoms with Crippen LogP contribution in [0.1, 0.15) is 56.1 Å². The number of nitrogens with one attached hydrogen (secondary N) is 1. The molecular formula is C24H28BrNO6S2. The summed E-state index contributed by atoms with van der Waals surface area (Å²) in [7, 11) is -8.17. The van der Waals surface area contributed by atoms with Crippen molar-refractivity contribution in [1.82, 2.24) is 4.72 Å². The van der Waals surface area contributed by atoms with Crippen LogP contribution < -0.4 is 8.91 Å². The van der Waals surface area contributed by atoms with Gasteiger partial charge in [0, 0.05) is 10.5 Å². The van der Waals surface area contributed by atoms with Gasteiger partial charge >= 0.3 is 10.4 Å². The van der Waals surface area contributed by atoms with E-state index in [1.165, 1.54) is 5.56 Å². The number of hydrogen-bond donors (Lipinski definition) is 2. The molecule has 0 aliphatic heterocycles. The molecule has 2 fully saturated rings. The highest BCUT2D eigenvalue weighted by atomic mass is 79.9. The second-order valence-electron chi connectivity index (χ2n) is 10.0. The maximum atomic E-state index is 13.1. The molecule has 7 nitrogen and oxygen atoms in total. The number of halogens is 1. The Bertz CT molecular complexity index is 1330. The van der Waals surface area contributed by atoms with Crippen molar-refractivity contribution in [3.05, 3.63) is 58.1 Å². The SMILES string of the molecule is C[C@]12CC[C@@H]3c4ccc(OS(=O)(=O)O)cc4CC[C@H]3[C@@H]1CC[C@@H]2NS(=O)(=O)c1cccc(Br)c1. The van der Waals surface area contributed by atoms with Gasteiger partial charge in [0.25, 0.3) is 0 Å². The fraction of sp³-hybridized carbons (Fsp3) is 0.500. The fourth-order valence-electron chi connectivity index (χ4n) is 6.82. The van der Waals surface area contributed by atoms with Crippen LogP contribution in [0.3, 0.4) is 0 Å². The standard InChI is InChI=1S/C24H28BrNO6S2/c1-24-12-11-20-19-8-6-17(32-34(29,30)31)13-15(19)5-7-21(20)22(24)9-10-23(24)26-33(27,28)18-4-2-3-16(25)14-18/h2-4,6,8,13-14,20-23,26H,5,7,9-12H2,1H3,(H,29,30,31)/t20-,21-,22+,23+,24+/m1/s1. The molecular weight excluding hydrogens is 542 g/mol. The Morgan fingerprint density at radius 1 is 1.06 bits per heavy atom. The summed E-state index contributed by atoms with van der Waals surface area (Å²) in [6.07, 6.45) is 5.47. The Morgan fingerprint density at radius 2 is 1.85 bits per heavy atom. The Hall–Kier alpha value is -1.46. The third kappa shape index (κ3) is 4.43. The summed E-state index contributed by atoms with van der Waals surface area (Å²) in [6.45, 7) is 2.24. The van der Waals surface area contributed by atoms with E-state index in [-0.39, 0.29) is 22.1 Å². The van der Waals surface area contributed by atoms with Crippen LogP contribution in [0, 0.1) is 17.3 Å². The van der Waals surface area contributed by atoms with Crippen LogP contribution in [-0.4, -0.2) is 27.4 Å². The molecule has 0 aromatic heterocycles. The number of hydrogen-bond acceptors (Lipinski definition) is 5. The second-order valence-corrected chi connectivity index (χ2v) is 13.7. The van der Waals surface area contributed by atoms with Crippen molar-refractivity contribution in [2.45, 2.75) is 62.3 Å². The van der Waals surface area contributed by atoms with Crippen molar-refractivity contribution in [3.8, 4) is 5.75 Å². The van der Waals surface area contributed by atoms with Gasteiger partial charge in [0.15, 0.2) is 0 Å². The lowest BCUT2D eigenvalue weighted by atomic mass is 9.55. The predicted molar refractivity (Wildman–Crippen MR) is 131 cm³/mol. The molecule has 0 radical (unpaired) electrons. The zero-order chi connectivity index (χ0) is 24.3. The van der Waals surface area contributed by atoms with Crippen LogP contribution in [-0.2, 0) is 26.8 Å². The van der Waals surface area contributed by atoms with Gasteiger partial charge in [0.2, 0.25) is 10.0 Å². The van der Waals surface area contributed by atoms with Crippen molar-refractivity contribution < 1.29 is 25.6 Å². The topological polar surface area (TPSA) is 110 Å². The average Bonchev–Trinajstić information content (AvgIpc) is 3.08. The molecule has 0 unspecified atom stereocenters. The highest BCUT2D eigenvalue weighted by Crippen LogP contribution is 2.61. The second kappa shape index (κ2) is 8.58. The van der Waals surface area contributed by atoms with E-state index < -0.39 is 20.4 Å². The predicted octanol–water partition coefficient (Wildman–Crippen LogP) is 4.83. The summed E-state index contributed by atoms with van der Waals surface area (Å²) in [5.74, 6) is 1.37. The third-order valence-corrected chi connectivity index (χ3v) is 10.7. The van der Waals surface area contributed by atoms with Gasteiger partial charge in [0.1, 0.15) is 5.75 Å². The van der Waals surface area contributed by atoms with Gasteiger partial charge < -0.3 is 4.18 Å². The van der Waals surface area contributed by atoms with Crippen molar-refractivity contribution in [2.75, 3.05) is 0 Å². The Labute approximate surface area is 209 Å². The van der Waals surface area contributed by atoms with Gasteiger partial charge in [-0.15, -0.1) is 0 Å². The molecule has 0 amide bonds. The quantitative estimate of drug-likeness (QED) is 0.499. The summed E-state index contributed by atoms with van der Waals surface area (Å²) in [6, 6.07) is 11.9. The van der Waals surface area contributed by atoms with Crippen LogP contribution in [0.15, 0.2) is 51.8 Å². The first-order valence-corrected chi connectivity index (χ1v) is 15.2. The summed E-state index contributed by atoms with van der Waals surface area (Å²) in [5, 5.41) is 0. The zero-order valence-corrected chi connectivity index (χ0v) is 22.0. The van der Waals surface area contributed by atoms with Crippen LogP contribution in [0.25, 0.3) is 0 Å². The minimum absolute atomic E-state index is 0.102. The molecule has 0 bridgehead atoms. The maximum absolute atomic E-state index is 13.1. The molecule has 2 aromatic rings. The van der Waals surface area contributed by atoms with Crippen LogP contribution >= 0.6 is 15.9 Å². The number of aryl methyl sites for hydroxylation is 1. The Morgan fingerprint density at radius 3 is 2.59 bits per heavy atom. The molecule has 0 heterocycles. The number of rotatable bonds is 5. The molecule has 5 atom stereocenters. The van der Waals surface area contributed by atoms with E-state index in [9.17, 15) is 16.8 Å². The van der Waals surface area contributed by atoms with Gasteiger partial charge in [-0.05, 0) is 103 Å². The maximum Gasteiger partial charge on any atom is 0.446 e. The highest BCUT2D eigenvalue weighted by molar-refractivity contribution is 9.10. The Kier molecular flexibility index (Phi) is 6.12. The molecule has 5 rings (SSSR count). The highest BCUT2D eigenvalue weighted by Gasteiger charge is 2.55. The van der Waals surface area contributed by atoms with E-state index in [4.69, 9.17) is 4.55 Å². The van der Waals surface area contributed by atoms with Crippen LogP contribution in [0.5, 0.6) is 5.75 Å². The number of fused-ring (bicyclic) bond motifs is 5. The number of sulfonamides is 1. The monoisotopic (exact) mass is 569 g/mol. The lowest BCUT2D eigenvalue weighted by molar-refractivity contribution is 0.0462.